The van der Waals surface area contributed by atoms with Crippen LogP contribution in [0, 0.1) is 34.5 Å². The molecule has 0 spiro atoms. The standard InChI is InChI=1S/C21H28O3.3CH4.3H2S/c1-20-8-6-14(22)11-18(20)13(12-24-3)10-15-16-4-5-19(23)21(16,2)9-7-17(15)20;;;;;;/h6,8,11,13,15-17H,4-5,7,9-10,12H2,1-3H3;3*1H4;3*1H2/t13-,15-,16-,17-,20+,21-;;;;;;/m0....../s1. The van der Waals surface area contributed by atoms with E-state index in [2.05, 4.69) is 19.9 Å². The average Bonchev–Trinajstić information content (AvgIpc) is 2.85. The molecular formula is C24H46O3S3. The summed E-state index contributed by atoms with van der Waals surface area (Å²) in [5.41, 5.74) is 1.11. The molecule has 0 saturated heterocycles. The van der Waals surface area contributed by atoms with Crippen molar-refractivity contribution in [3.05, 3.63) is 23.8 Å². The summed E-state index contributed by atoms with van der Waals surface area (Å²) in [6, 6.07) is 0. The van der Waals surface area contributed by atoms with Crippen LogP contribution in [-0.2, 0) is 14.3 Å². The summed E-state index contributed by atoms with van der Waals surface area (Å²) in [7, 11) is 1.74. The van der Waals surface area contributed by atoms with Crippen molar-refractivity contribution in [3.63, 3.8) is 0 Å². The van der Waals surface area contributed by atoms with Gasteiger partial charge in [-0.25, -0.2) is 0 Å². The molecule has 0 unspecified atom stereocenters. The molecule has 0 amide bonds. The molecule has 0 aromatic heterocycles. The maximum Gasteiger partial charge on any atom is 0.178 e. The highest BCUT2D eigenvalue weighted by atomic mass is 32.1. The average molecular weight is 479 g/mol. The summed E-state index contributed by atoms with van der Waals surface area (Å²) in [6.45, 7) is 5.19. The lowest BCUT2D eigenvalue weighted by molar-refractivity contribution is -0.132. The number of methoxy groups -OCH3 is 1. The van der Waals surface area contributed by atoms with E-state index < -0.39 is 0 Å². The summed E-state index contributed by atoms with van der Waals surface area (Å²) < 4.78 is 5.50. The fraction of sp³-hybridized carbons (Fsp3) is 0.750. The Morgan fingerprint density at radius 2 is 1.67 bits per heavy atom. The predicted molar refractivity (Wildman–Crippen MR) is 144 cm³/mol. The number of ketones is 2. The lowest BCUT2D eigenvalue weighted by Gasteiger charge is -2.57. The Hall–Kier alpha value is -0.170. The lowest BCUT2D eigenvalue weighted by atomic mass is 9.46. The van der Waals surface area contributed by atoms with Crippen molar-refractivity contribution in [1.82, 2.24) is 0 Å². The summed E-state index contributed by atoms with van der Waals surface area (Å²) in [5.74, 6) is 2.51. The van der Waals surface area contributed by atoms with Crippen LogP contribution in [0.2, 0.25) is 0 Å². The van der Waals surface area contributed by atoms with Gasteiger partial charge in [-0.3, -0.25) is 9.59 Å². The van der Waals surface area contributed by atoms with Crippen LogP contribution in [0.5, 0.6) is 0 Å². The molecule has 0 bridgehead atoms. The van der Waals surface area contributed by atoms with Gasteiger partial charge >= 0.3 is 0 Å². The third kappa shape index (κ3) is 4.92. The van der Waals surface area contributed by atoms with E-state index in [1.807, 2.05) is 6.08 Å². The van der Waals surface area contributed by atoms with Crippen LogP contribution in [0.15, 0.2) is 23.8 Å². The van der Waals surface area contributed by atoms with Gasteiger partial charge in [0, 0.05) is 30.3 Å². The first-order chi connectivity index (χ1) is 11.4. The van der Waals surface area contributed by atoms with E-state index in [1.165, 1.54) is 5.57 Å². The summed E-state index contributed by atoms with van der Waals surface area (Å²) in [5, 5.41) is 0. The number of Topliss-reactive ketones (excluding diaryl/α,β-unsaturated/α-hetero) is 1. The van der Waals surface area contributed by atoms with Gasteiger partial charge in [-0.2, -0.15) is 40.5 Å². The maximum absolute atomic E-state index is 12.5. The third-order valence-corrected chi connectivity index (χ3v) is 7.79. The number of ether oxygens (including phenoxy) is 1. The van der Waals surface area contributed by atoms with Gasteiger partial charge in [0.05, 0.1) is 6.61 Å². The molecule has 3 nitrogen and oxygen atoms in total. The topological polar surface area (TPSA) is 43.4 Å². The summed E-state index contributed by atoms with van der Waals surface area (Å²) in [4.78, 5) is 24.5. The van der Waals surface area contributed by atoms with Crippen LogP contribution >= 0.6 is 40.5 Å². The Bertz CT molecular complexity index is 660. The molecule has 4 rings (SSSR count). The molecular weight excluding hydrogens is 432 g/mol. The number of hydrogen-bond acceptors (Lipinski definition) is 3. The fourth-order valence-corrected chi connectivity index (χ4v) is 6.55. The van der Waals surface area contributed by atoms with E-state index in [-0.39, 0.29) is 79.4 Å². The monoisotopic (exact) mass is 478 g/mol. The second-order valence-corrected chi connectivity index (χ2v) is 8.80. The largest absolute Gasteiger partial charge is 0.384 e. The minimum Gasteiger partial charge on any atom is -0.384 e. The molecule has 6 heteroatoms. The van der Waals surface area contributed by atoms with E-state index in [1.54, 1.807) is 13.2 Å². The highest BCUT2D eigenvalue weighted by Gasteiger charge is 2.59. The first-order valence-corrected chi connectivity index (χ1v) is 9.37. The van der Waals surface area contributed by atoms with Gasteiger partial charge < -0.3 is 4.74 Å². The van der Waals surface area contributed by atoms with E-state index in [0.717, 1.165) is 32.1 Å². The zero-order valence-corrected chi connectivity index (χ0v) is 19.5. The van der Waals surface area contributed by atoms with Crippen LogP contribution in [-0.4, -0.2) is 25.3 Å². The molecule has 6 atom stereocenters. The third-order valence-electron chi connectivity index (χ3n) is 7.79. The number of fused-ring (bicyclic) bond motifs is 5. The zero-order chi connectivity index (χ0) is 17.1. The SMILES string of the molecule is C.C.C.COC[C@@H]1C[C@@H]2[C@H](CC[C@]3(C)C(=O)CC[C@@H]23)[C@@]2(C)C=CC(=O)C=C12.S.S.S. The van der Waals surface area contributed by atoms with Crippen LogP contribution in [0.1, 0.15) is 68.2 Å². The molecule has 3 fully saturated rings. The van der Waals surface area contributed by atoms with E-state index in [4.69, 9.17) is 4.74 Å². The van der Waals surface area contributed by atoms with Crippen LogP contribution < -0.4 is 0 Å². The minimum absolute atomic E-state index is 0. The van der Waals surface area contributed by atoms with E-state index >= 15 is 0 Å². The number of hydrogen-bond donors (Lipinski definition) is 0. The first kappa shape index (κ1) is 34.4. The smallest absolute Gasteiger partial charge is 0.178 e. The number of allylic oxidation sites excluding steroid dienone is 3. The van der Waals surface area contributed by atoms with E-state index in [9.17, 15) is 9.59 Å². The van der Waals surface area contributed by atoms with Crippen molar-refractivity contribution < 1.29 is 14.3 Å². The minimum atomic E-state index is -0.107. The van der Waals surface area contributed by atoms with Crippen molar-refractivity contribution in [3.8, 4) is 0 Å². The molecule has 178 valence electrons. The van der Waals surface area contributed by atoms with Crippen molar-refractivity contribution in [2.45, 2.75) is 68.2 Å². The molecule has 4 aliphatic rings. The highest BCUT2D eigenvalue weighted by Crippen LogP contribution is 2.64. The van der Waals surface area contributed by atoms with Gasteiger partial charge in [-0.1, -0.05) is 47.8 Å². The number of carbonyl (C=O) groups is 2. The highest BCUT2D eigenvalue weighted by molar-refractivity contribution is 7.59. The van der Waals surface area contributed by atoms with Crippen molar-refractivity contribution >= 4 is 52.1 Å². The Morgan fingerprint density at radius 1 is 1.03 bits per heavy atom. The van der Waals surface area contributed by atoms with Crippen molar-refractivity contribution in [2.75, 3.05) is 13.7 Å². The quantitative estimate of drug-likeness (QED) is 0.490. The molecule has 4 aliphatic carbocycles. The fourth-order valence-electron chi connectivity index (χ4n) is 6.55. The summed E-state index contributed by atoms with van der Waals surface area (Å²) in [6.07, 6.45) is 10.8. The predicted octanol–water partition coefficient (Wildman–Crippen LogP) is 5.98. The van der Waals surface area contributed by atoms with Crippen molar-refractivity contribution in [1.29, 1.82) is 0 Å². The Balaban J connectivity index is -0.00000121. The Kier molecular flexibility index (Phi) is 14.0. The van der Waals surface area contributed by atoms with Crippen LogP contribution in [0.25, 0.3) is 0 Å². The van der Waals surface area contributed by atoms with Gasteiger partial charge in [0.2, 0.25) is 0 Å². The van der Waals surface area contributed by atoms with Gasteiger partial charge in [-0.05, 0) is 55.6 Å². The van der Waals surface area contributed by atoms with Crippen LogP contribution in [0.4, 0.5) is 0 Å². The zero-order valence-electron chi connectivity index (χ0n) is 16.5. The molecule has 3 saturated carbocycles. The Morgan fingerprint density at radius 3 is 2.27 bits per heavy atom. The molecule has 0 N–H and O–H groups in total. The summed E-state index contributed by atoms with van der Waals surface area (Å²) >= 11 is 0. The Labute approximate surface area is 206 Å². The number of rotatable bonds is 2. The van der Waals surface area contributed by atoms with Gasteiger partial charge in [0.15, 0.2) is 5.78 Å². The van der Waals surface area contributed by atoms with Gasteiger partial charge in [0.1, 0.15) is 5.78 Å². The molecule has 0 aromatic rings. The number of carbonyl (C=O) groups excluding carboxylic acids is 2. The first-order valence-electron chi connectivity index (χ1n) is 9.37. The van der Waals surface area contributed by atoms with Gasteiger partial charge in [-0.15, -0.1) is 0 Å². The van der Waals surface area contributed by atoms with Gasteiger partial charge in [0.25, 0.3) is 0 Å². The second-order valence-electron chi connectivity index (χ2n) is 8.80. The van der Waals surface area contributed by atoms with Crippen molar-refractivity contribution in [2.24, 2.45) is 34.5 Å². The maximum atomic E-state index is 12.5. The second kappa shape index (κ2) is 12.2. The molecule has 0 aromatic carbocycles. The molecule has 0 heterocycles. The molecule has 0 radical (unpaired) electrons. The van der Waals surface area contributed by atoms with E-state index in [0.29, 0.717) is 36.1 Å². The van der Waals surface area contributed by atoms with Crippen LogP contribution in [0.3, 0.4) is 0 Å². The molecule has 30 heavy (non-hydrogen) atoms. The molecule has 0 aliphatic heterocycles. The lowest BCUT2D eigenvalue weighted by Crippen LogP contribution is -2.52. The normalized spacial score (nSPS) is 37.6.